The lowest BCUT2D eigenvalue weighted by molar-refractivity contribution is 0.403. The molecule has 98 valence electrons. The van der Waals surface area contributed by atoms with Gasteiger partial charge >= 0.3 is 0 Å². The van der Waals surface area contributed by atoms with Crippen molar-refractivity contribution in [2.24, 2.45) is 11.8 Å². The van der Waals surface area contributed by atoms with E-state index in [4.69, 9.17) is 4.74 Å². The number of rotatable bonds is 6. The highest BCUT2D eigenvalue weighted by Crippen LogP contribution is 2.44. The number of methoxy groups -OCH3 is 1. The van der Waals surface area contributed by atoms with Crippen LogP contribution >= 0.6 is 0 Å². The predicted molar refractivity (Wildman–Crippen MR) is 69.0 cm³/mol. The van der Waals surface area contributed by atoms with E-state index < -0.39 is 0 Å². The summed E-state index contributed by atoms with van der Waals surface area (Å²) in [5.41, 5.74) is 0.738. The van der Waals surface area contributed by atoms with Gasteiger partial charge in [0.1, 0.15) is 11.6 Å². The molecule has 1 N–H and O–H groups in total. The van der Waals surface area contributed by atoms with E-state index in [0.29, 0.717) is 18.3 Å². The van der Waals surface area contributed by atoms with Crippen LogP contribution in [0, 0.1) is 17.7 Å². The molecule has 0 bridgehead atoms. The topological polar surface area (TPSA) is 21.3 Å². The molecule has 0 saturated heterocycles. The van der Waals surface area contributed by atoms with Gasteiger partial charge in [0.05, 0.1) is 7.11 Å². The van der Waals surface area contributed by atoms with Crippen molar-refractivity contribution in [1.82, 2.24) is 5.32 Å². The summed E-state index contributed by atoms with van der Waals surface area (Å²) in [4.78, 5) is 0. The van der Waals surface area contributed by atoms with Crippen molar-refractivity contribution in [2.45, 2.75) is 38.3 Å². The largest absolute Gasteiger partial charge is 0.497 e. The number of benzene rings is 1. The first-order valence-corrected chi connectivity index (χ1v) is 6.83. The van der Waals surface area contributed by atoms with Gasteiger partial charge in [-0.1, -0.05) is 6.07 Å². The quantitative estimate of drug-likeness (QED) is 0.836. The van der Waals surface area contributed by atoms with E-state index in [0.717, 1.165) is 17.4 Å². The highest BCUT2D eigenvalue weighted by Gasteiger charge is 2.40. The second kappa shape index (κ2) is 4.88. The van der Waals surface area contributed by atoms with Gasteiger partial charge in [0, 0.05) is 24.2 Å². The zero-order valence-corrected chi connectivity index (χ0v) is 10.8. The summed E-state index contributed by atoms with van der Waals surface area (Å²) in [5, 5.41) is 3.56. The number of halogens is 1. The van der Waals surface area contributed by atoms with E-state index in [2.05, 4.69) is 5.32 Å². The summed E-state index contributed by atoms with van der Waals surface area (Å²) in [6, 6.07) is 5.72. The molecule has 2 fully saturated rings. The first-order chi connectivity index (χ1) is 8.78. The summed E-state index contributed by atoms with van der Waals surface area (Å²) in [7, 11) is 1.56. The molecule has 2 aliphatic rings. The van der Waals surface area contributed by atoms with E-state index in [9.17, 15) is 4.39 Å². The Morgan fingerprint density at radius 3 is 2.44 bits per heavy atom. The minimum Gasteiger partial charge on any atom is -0.497 e. The molecular formula is C15H20FNO. The molecular weight excluding hydrogens is 229 g/mol. The van der Waals surface area contributed by atoms with Crippen LogP contribution in [-0.2, 0) is 6.54 Å². The Morgan fingerprint density at radius 2 is 1.94 bits per heavy atom. The Kier molecular flexibility index (Phi) is 3.25. The van der Waals surface area contributed by atoms with E-state index in [1.54, 1.807) is 7.11 Å². The maximum absolute atomic E-state index is 13.8. The monoisotopic (exact) mass is 249 g/mol. The van der Waals surface area contributed by atoms with Crippen molar-refractivity contribution in [1.29, 1.82) is 0 Å². The molecule has 0 spiro atoms. The molecule has 1 aromatic rings. The standard InChI is InChI=1S/C15H20FNO/c1-18-13-7-6-12(14(16)8-13)9-17-15(10-2-3-10)11-4-5-11/h6-8,10-11,15,17H,2-5,9H2,1H3. The summed E-state index contributed by atoms with van der Waals surface area (Å²) >= 11 is 0. The molecule has 0 amide bonds. The Hall–Kier alpha value is -1.09. The SMILES string of the molecule is COc1ccc(CNC(C2CC2)C2CC2)c(F)c1. The Balaban J connectivity index is 1.61. The maximum atomic E-state index is 13.8. The van der Waals surface area contributed by atoms with Gasteiger partial charge in [0.25, 0.3) is 0 Å². The fourth-order valence-electron chi connectivity index (χ4n) is 2.66. The third kappa shape index (κ3) is 2.66. The molecule has 0 atom stereocenters. The zero-order chi connectivity index (χ0) is 12.5. The van der Waals surface area contributed by atoms with Crippen molar-refractivity contribution in [3.63, 3.8) is 0 Å². The van der Waals surface area contributed by atoms with Crippen LogP contribution in [0.4, 0.5) is 4.39 Å². The number of hydrogen-bond acceptors (Lipinski definition) is 2. The minimum absolute atomic E-state index is 0.174. The molecule has 0 unspecified atom stereocenters. The fourth-order valence-corrected chi connectivity index (χ4v) is 2.66. The third-order valence-corrected chi connectivity index (χ3v) is 4.05. The predicted octanol–water partition coefficient (Wildman–Crippen LogP) is 3.11. The molecule has 18 heavy (non-hydrogen) atoms. The first kappa shape index (κ1) is 12.0. The van der Waals surface area contributed by atoms with Crippen molar-refractivity contribution in [2.75, 3.05) is 7.11 Å². The molecule has 0 heterocycles. The number of hydrogen-bond donors (Lipinski definition) is 1. The molecule has 2 saturated carbocycles. The van der Waals surface area contributed by atoms with Crippen LogP contribution in [0.1, 0.15) is 31.2 Å². The smallest absolute Gasteiger partial charge is 0.131 e. The second-order valence-corrected chi connectivity index (χ2v) is 5.54. The van der Waals surface area contributed by atoms with Crippen LogP contribution in [0.5, 0.6) is 5.75 Å². The van der Waals surface area contributed by atoms with Crippen molar-refractivity contribution < 1.29 is 9.13 Å². The summed E-state index contributed by atoms with van der Waals surface area (Å²) in [6.07, 6.45) is 5.39. The average molecular weight is 249 g/mol. The normalized spacial score (nSPS) is 19.3. The van der Waals surface area contributed by atoms with E-state index >= 15 is 0 Å². The molecule has 3 heteroatoms. The average Bonchev–Trinajstić information content (AvgIpc) is 3.25. The van der Waals surface area contributed by atoms with Gasteiger partial charge < -0.3 is 10.1 Å². The fraction of sp³-hybridized carbons (Fsp3) is 0.600. The molecule has 0 radical (unpaired) electrons. The summed E-state index contributed by atoms with van der Waals surface area (Å²) in [5.74, 6) is 2.10. The van der Waals surface area contributed by atoms with Gasteiger partial charge in [-0.05, 0) is 43.6 Å². The molecule has 2 aliphatic carbocycles. The van der Waals surface area contributed by atoms with Gasteiger partial charge in [0.2, 0.25) is 0 Å². The van der Waals surface area contributed by atoms with Gasteiger partial charge in [-0.2, -0.15) is 0 Å². The molecule has 0 aliphatic heterocycles. The van der Waals surface area contributed by atoms with Crippen LogP contribution in [-0.4, -0.2) is 13.2 Å². The van der Waals surface area contributed by atoms with Crippen LogP contribution in [0.2, 0.25) is 0 Å². The molecule has 2 nitrogen and oxygen atoms in total. The lowest BCUT2D eigenvalue weighted by Gasteiger charge is -2.18. The molecule has 0 aromatic heterocycles. The Labute approximate surface area is 108 Å². The third-order valence-electron chi connectivity index (χ3n) is 4.05. The van der Waals surface area contributed by atoms with Crippen LogP contribution in [0.25, 0.3) is 0 Å². The highest BCUT2D eigenvalue weighted by atomic mass is 19.1. The van der Waals surface area contributed by atoms with Crippen LogP contribution < -0.4 is 10.1 Å². The lowest BCUT2D eigenvalue weighted by atomic mass is 10.1. The van der Waals surface area contributed by atoms with Crippen molar-refractivity contribution >= 4 is 0 Å². The number of ether oxygens (including phenoxy) is 1. The number of nitrogens with one attached hydrogen (secondary N) is 1. The van der Waals surface area contributed by atoms with Gasteiger partial charge in [0.15, 0.2) is 0 Å². The molecule has 1 aromatic carbocycles. The maximum Gasteiger partial charge on any atom is 0.131 e. The van der Waals surface area contributed by atoms with E-state index in [-0.39, 0.29) is 5.82 Å². The zero-order valence-electron chi connectivity index (χ0n) is 10.8. The Bertz CT molecular complexity index is 415. The van der Waals surface area contributed by atoms with E-state index in [1.165, 1.54) is 31.7 Å². The van der Waals surface area contributed by atoms with Gasteiger partial charge in [-0.25, -0.2) is 4.39 Å². The molecule has 3 rings (SSSR count). The van der Waals surface area contributed by atoms with Gasteiger partial charge in [-0.3, -0.25) is 0 Å². The minimum atomic E-state index is -0.174. The summed E-state index contributed by atoms with van der Waals surface area (Å²) < 4.78 is 18.8. The second-order valence-electron chi connectivity index (χ2n) is 5.54. The van der Waals surface area contributed by atoms with Crippen LogP contribution in [0.15, 0.2) is 18.2 Å². The Morgan fingerprint density at radius 1 is 1.28 bits per heavy atom. The summed E-state index contributed by atoms with van der Waals surface area (Å²) in [6.45, 7) is 0.632. The highest BCUT2D eigenvalue weighted by molar-refractivity contribution is 5.28. The van der Waals surface area contributed by atoms with Crippen LogP contribution in [0.3, 0.4) is 0 Å². The lowest BCUT2D eigenvalue weighted by Crippen LogP contribution is -2.32. The van der Waals surface area contributed by atoms with Gasteiger partial charge in [-0.15, -0.1) is 0 Å². The van der Waals surface area contributed by atoms with E-state index in [1.807, 2.05) is 12.1 Å². The first-order valence-electron chi connectivity index (χ1n) is 6.83. The van der Waals surface area contributed by atoms with Crippen molar-refractivity contribution in [3.8, 4) is 5.75 Å². The van der Waals surface area contributed by atoms with Crippen molar-refractivity contribution in [3.05, 3.63) is 29.6 Å².